The summed E-state index contributed by atoms with van der Waals surface area (Å²) in [6, 6.07) is 4.72. The fourth-order valence-electron chi connectivity index (χ4n) is 2.34. The number of anilines is 1. The molecule has 20 heavy (non-hydrogen) atoms. The lowest BCUT2D eigenvalue weighted by Crippen LogP contribution is -2.54. The molecular weight excluding hydrogens is 272 g/mol. The third-order valence-corrected chi connectivity index (χ3v) is 4.39. The van der Waals surface area contributed by atoms with Gasteiger partial charge in [0.2, 0.25) is 5.91 Å². The summed E-state index contributed by atoms with van der Waals surface area (Å²) in [6.07, 6.45) is 0.458. The van der Waals surface area contributed by atoms with Crippen LogP contribution >= 0.6 is 11.3 Å². The van der Waals surface area contributed by atoms with Gasteiger partial charge in [0.25, 0.3) is 0 Å². The summed E-state index contributed by atoms with van der Waals surface area (Å²) in [4.78, 5) is 14.3. The van der Waals surface area contributed by atoms with Crippen molar-refractivity contribution in [3.05, 3.63) is 17.0 Å². The van der Waals surface area contributed by atoms with Gasteiger partial charge in [0.05, 0.1) is 5.56 Å². The van der Waals surface area contributed by atoms with Crippen molar-refractivity contribution in [1.29, 1.82) is 5.26 Å². The van der Waals surface area contributed by atoms with Gasteiger partial charge >= 0.3 is 0 Å². The fraction of sp³-hybridized carbons (Fsp3) is 0.571. The van der Waals surface area contributed by atoms with E-state index in [0.29, 0.717) is 29.1 Å². The zero-order valence-corrected chi connectivity index (χ0v) is 12.7. The Morgan fingerprint density at radius 3 is 3.20 bits per heavy atom. The second-order valence-corrected chi connectivity index (χ2v) is 6.14. The Morgan fingerprint density at radius 1 is 1.65 bits per heavy atom. The number of thiophene rings is 1. The molecule has 5 nitrogen and oxygen atoms in total. The summed E-state index contributed by atoms with van der Waals surface area (Å²) in [6.45, 7) is 7.02. The fourth-order valence-corrected chi connectivity index (χ4v) is 3.09. The summed E-state index contributed by atoms with van der Waals surface area (Å²) in [5.74, 6) is -0.0256. The molecular formula is C14H20N4OS. The number of rotatable bonds is 4. The number of nitrogens with one attached hydrogen (secondary N) is 2. The maximum Gasteiger partial charge on any atom is 0.226 e. The van der Waals surface area contributed by atoms with E-state index in [4.69, 9.17) is 5.26 Å². The highest BCUT2D eigenvalue weighted by Crippen LogP contribution is 2.22. The number of piperazine rings is 1. The Hall–Kier alpha value is -1.42. The van der Waals surface area contributed by atoms with Crippen LogP contribution in [0.15, 0.2) is 11.4 Å². The molecule has 2 rings (SSSR count). The lowest BCUT2D eigenvalue weighted by atomic mass is 10.1. The quantitative estimate of drug-likeness (QED) is 0.885. The van der Waals surface area contributed by atoms with Crippen molar-refractivity contribution in [1.82, 2.24) is 10.2 Å². The zero-order valence-electron chi connectivity index (χ0n) is 11.8. The first kappa shape index (κ1) is 15.0. The van der Waals surface area contributed by atoms with Crippen LogP contribution in [0.25, 0.3) is 0 Å². The van der Waals surface area contributed by atoms with E-state index < -0.39 is 0 Å². The topological polar surface area (TPSA) is 68.2 Å². The Labute approximate surface area is 123 Å². The Bertz CT molecular complexity index is 508. The predicted molar refractivity (Wildman–Crippen MR) is 80.8 cm³/mol. The first-order valence-electron chi connectivity index (χ1n) is 6.85. The van der Waals surface area contributed by atoms with Crippen molar-refractivity contribution in [2.45, 2.75) is 32.4 Å². The van der Waals surface area contributed by atoms with Gasteiger partial charge in [-0.3, -0.25) is 9.69 Å². The molecule has 0 radical (unpaired) electrons. The number of carbonyl (C=O) groups is 1. The number of hydrogen-bond acceptors (Lipinski definition) is 5. The number of hydrogen-bond donors (Lipinski definition) is 2. The van der Waals surface area contributed by atoms with Gasteiger partial charge in [-0.1, -0.05) is 0 Å². The molecule has 1 fully saturated rings. The van der Waals surface area contributed by atoms with Gasteiger partial charge in [0, 0.05) is 38.1 Å². The standard InChI is InChI=1S/C14H20N4OS/c1-10-9-18(11(2)8-16-10)5-3-13(19)17-14-12(7-15)4-6-20-14/h4,6,10-11,16H,3,5,8-9H2,1-2H3,(H,17,19). The molecule has 1 amide bonds. The van der Waals surface area contributed by atoms with Gasteiger partial charge in [-0.25, -0.2) is 0 Å². The molecule has 1 aromatic rings. The second-order valence-electron chi connectivity index (χ2n) is 5.23. The molecule has 0 bridgehead atoms. The van der Waals surface area contributed by atoms with E-state index in [1.54, 1.807) is 6.07 Å². The Morgan fingerprint density at radius 2 is 2.45 bits per heavy atom. The van der Waals surface area contributed by atoms with Crippen LogP contribution in [0.1, 0.15) is 25.8 Å². The predicted octanol–water partition coefficient (Wildman–Crippen LogP) is 1.63. The summed E-state index contributed by atoms with van der Waals surface area (Å²) in [5, 5.41) is 17.6. The maximum absolute atomic E-state index is 12.0. The highest BCUT2D eigenvalue weighted by molar-refractivity contribution is 7.14. The minimum Gasteiger partial charge on any atom is -0.317 e. The molecule has 2 unspecified atom stereocenters. The highest BCUT2D eigenvalue weighted by atomic mass is 32.1. The normalized spacial score (nSPS) is 23.2. The average Bonchev–Trinajstić information content (AvgIpc) is 2.87. The summed E-state index contributed by atoms with van der Waals surface area (Å²) in [7, 11) is 0. The van der Waals surface area contributed by atoms with Crippen molar-refractivity contribution in [2.24, 2.45) is 0 Å². The molecule has 1 aromatic heterocycles. The van der Waals surface area contributed by atoms with Crippen LogP contribution in [0.3, 0.4) is 0 Å². The molecule has 1 saturated heterocycles. The minimum absolute atomic E-state index is 0.0256. The molecule has 108 valence electrons. The van der Waals surface area contributed by atoms with E-state index in [1.165, 1.54) is 11.3 Å². The lowest BCUT2D eigenvalue weighted by molar-refractivity contribution is -0.116. The van der Waals surface area contributed by atoms with Crippen LogP contribution in [-0.4, -0.2) is 42.5 Å². The zero-order chi connectivity index (χ0) is 14.5. The second kappa shape index (κ2) is 6.84. The van der Waals surface area contributed by atoms with E-state index in [2.05, 4.69) is 35.5 Å². The molecule has 2 atom stereocenters. The van der Waals surface area contributed by atoms with Crippen LogP contribution in [0, 0.1) is 11.3 Å². The molecule has 0 aromatic carbocycles. The SMILES string of the molecule is CC1CN(CCC(=O)Nc2sccc2C#N)C(C)CN1. The van der Waals surface area contributed by atoms with E-state index in [0.717, 1.165) is 19.6 Å². The van der Waals surface area contributed by atoms with Crippen LogP contribution in [0.2, 0.25) is 0 Å². The smallest absolute Gasteiger partial charge is 0.226 e. The van der Waals surface area contributed by atoms with Crippen molar-refractivity contribution < 1.29 is 4.79 Å². The largest absolute Gasteiger partial charge is 0.317 e. The molecule has 2 N–H and O–H groups in total. The molecule has 0 spiro atoms. The van der Waals surface area contributed by atoms with Gasteiger partial charge in [-0.15, -0.1) is 11.3 Å². The van der Waals surface area contributed by atoms with E-state index in [9.17, 15) is 4.79 Å². The van der Waals surface area contributed by atoms with Gasteiger partial charge in [0.15, 0.2) is 0 Å². The van der Waals surface area contributed by atoms with Crippen LogP contribution < -0.4 is 10.6 Å². The van der Waals surface area contributed by atoms with Crippen molar-refractivity contribution >= 4 is 22.2 Å². The molecule has 0 aliphatic carbocycles. The first-order valence-corrected chi connectivity index (χ1v) is 7.73. The van der Waals surface area contributed by atoms with Gasteiger partial charge < -0.3 is 10.6 Å². The third kappa shape index (κ3) is 3.79. The van der Waals surface area contributed by atoms with Crippen LogP contribution in [-0.2, 0) is 4.79 Å². The van der Waals surface area contributed by atoms with E-state index in [1.807, 2.05) is 5.38 Å². The van der Waals surface area contributed by atoms with Gasteiger partial charge in [-0.2, -0.15) is 5.26 Å². The number of amides is 1. The average molecular weight is 292 g/mol. The van der Waals surface area contributed by atoms with Crippen LogP contribution in [0.4, 0.5) is 5.00 Å². The molecule has 1 aliphatic rings. The number of nitriles is 1. The monoisotopic (exact) mass is 292 g/mol. The van der Waals surface area contributed by atoms with Crippen LogP contribution in [0.5, 0.6) is 0 Å². The third-order valence-electron chi connectivity index (χ3n) is 3.56. The Kier molecular flexibility index (Phi) is 5.12. The Balaban J connectivity index is 1.82. The van der Waals surface area contributed by atoms with Crippen molar-refractivity contribution in [2.75, 3.05) is 25.0 Å². The minimum atomic E-state index is -0.0256. The van der Waals surface area contributed by atoms with Crippen molar-refractivity contribution in [3.63, 3.8) is 0 Å². The molecule has 2 heterocycles. The maximum atomic E-state index is 12.0. The van der Waals surface area contributed by atoms with E-state index >= 15 is 0 Å². The summed E-state index contributed by atoms with van der Waals surface area (Å²) in [5.41, 5.74) is 0.535. The van der Waals surface area contributed by atoms with Crippen molar-refractivity contribution in [3.8, 4) is 6.07 Å². The number of nitrogens with zero attached hydrogens (tertiary/aromatic N) is 2. The van der Waals surface area contributed by atoms with E-state index in [-0.39, 0.29) is 5.91 Å². The first-order chi connectivity index (χ1) is 9.60. The molecule has 6 heteroatoms. The highest BCUT2D eigenvalue weighted by Gasteiger charge is 2.22. The van der Waals surface area contributed by atoms with Gasteiger partial charge in [0.1, 0.15) is 11.1 Å². The van der Waals surface area contributed by atoms with Gasteiger partial charge in [-0.05, 0) is 25.3 Å². The lowest BCUT2D eigenvalue weighted by Gasteiger charge is -2.37. The summed E-state index contributed by atoms with van der Waals surface area (Å²) >= 11 is 1.39. The molecule has 0 saturated carbocycles. The summed E-state index contributed by atoms with van der Waals surface area (Å²) < 4.78 is 0. The number of carbonyl (C=O) groups excluding carboxylic acids is 1. The molecule has 1 aliphatic heterocycles.